The number of piperidine rings is 2. The third-order valence-electron chi connectivity index (χ3n) is 8.73. The number of pyridine rings is 1. The lowest BCUT2D eigenvalue weighted by Gasteiger charge is -2.47. The Labute approximate surface area is 221 Å². The number of nitrogens with zero attached hydrogens (tertiary/aromatic N) is 5. The maximum Gasteiger partial charge on any atom is 0.222 e. The summed E-state index contributed by atoms with van der Waals surface area (Å²) in [5.74, 6) is 1.37. The largest absolute Gasteiger partial charge is 0.367 e. The SMILES string of the molecule is CC1CCN(C(=O)CC[C@H]2CN(Cc3ccccn3)CC[C@H]2N2CCN(c3ccccc3F)CC2)CC1. The number of piperazine rings is 1. The summed E-state index contributed by atoms with van der Waals surface area (Å²) in [4.78, 5) is 27.0. The number of hydrogen-bond donors (Lipinski definition) is 0. The normalized spacial score (nSPS) is 24.4. The number of para-hydroxylation sites is 1. The van der Waals surface area contributed by atoms with E-state index in [0.717, 1.165) is 96.2 Å². The van der Waals surface area contributed by atoms with Crippen LogP contribution in [-0.2, 0) is 11.3 Å². The molecule has 1 aromatic carbocycles. The molecule has 1 aromatic heterocycles. The van der Waals surface area contributed by atoms with E-state index in [2.05, 4.69) is 43.6 Å². The third-order valence-corrected chi connectivity index (χ3v) is 8.73. The maximum absolute atomic E-state index is 14.4. The Bertz CT molecular complexity index is 1000. The second kappa shape index (κ2) is 12.4. The molecule has 5 rings (SSSR count). The van der Waals surface area contributed by atoms with Gasteiger partial charge in [0.05, 0.1) is 11.4 Å². The lowest BCUT2D eigenvalue weighted by atomic mass is 9.86. The fourth-order valence-electron chi connectivity index (χ4n) is 6.45. The number of rotatable bonds is 7. The average Bonchev–Trinajstić information content (AvgIpc) is 2.93. The van der Waals surface area contributed by atoms with Crippen LogP contribution in [0.5, 0.6) is 0 Å². The maximum atomic E-state index is 14.4. The first kappa shape index (κ1) is 26.1. The molecule has 37 heavy (non-hydrogen) atoms. The summed E-state index contributed by atoms with van der Waals surface area (Å²) in [7, 11) is 0. The Morgan fingerprint density at radius 2 is 1.70 bits per heavy atom. The molecule has 2 atom stereocenters. The van der Waals surface area contributed by atoms with Gasteiger partial charge in [0.15, 0.2) is 0 Å². The van der Waals surface area contributed by atoms with Crippen molar-refractivity contribution < 1.29 is 9.18 Å². The number of aromatic nitrogens is 1. The highest BCUT2D eigenvalue weighted by Gasteiger charge is 2.35. The van der Waals surface area contributed by atoms with Gasteiger partial charge in [0.1, 0.15) is 5.82 Å². The first-order valence-electron chi connectivity index (χ1n) is 14.2. The van der Waals surface area contributed by atoms with E-state index in [9.17, 15) is 9.18 Å². The van der Waals surface area contributed by atoms with Crippen molar-refractivity contribution in [3.63, 3.8) is 0 Å². The Morgan fingerprint density at radius 3 is 2.43 bits per heavy atom. The van der Waals surface area contributed by atoms with Crippen LogP contribution in [-0.4, -0.2) is 84.0 Å². The van der Waals surface area contributed by atoms with Crippen LogP contribution in [0.4, 0.5) is 10.1 Å². The first-order valence-corrected chi connectivity index (χ1v) is 14.2. The first-order chi connectivity index (χ1) is 18.1. The predicted molar refractivity (Wildman–Crippen MR) is 146 cm³/mol. The number of anilines is 1. The fourth-order valence-corrected chi connectivity index (χ4v) is 6.45. The highest BCUT2D eigenvalue weighted by molar-refractivity contribution is 5.76. The van der Waals surface area contributed by atoms with E-state index < -0.39 is 0 Å². The second-order valence-corrected chi connectivity index (χ2v) is 11.2. The molecule has 4 heterocycles. The van der Waals surface area contributed by atoms with Gasteiger partial charge < -0.3 is 9.80 Å². The molecule has 2 aromatic rings. The van der Waals surface area contributed by atoms with E-state index in [0.29, 0.717) is 30.0 Å². The minimum Gasteiger partial charge on any atom is -0.367 e. The van der Waals surface area contributed by atoms with Gasteiger partial charge in [-0.3, -0.25) is 19.6 Å². The van der Waals surface area contributed by atoms with E-state index in [1.807, 2.05) is 24.4 Å². The van der Waals surface area contributed by atoms with Crippen molar-refractivity contribution in [3.05, 3.63) is 60.2 Å². The minimum atomic E-state index is -0.137. The molecule has 0 unspecified atom stereocenters. The summed E-state index contributed by atoms with van der Waals surface area (Å²) in [6.07, 6.45) is 6.80. The van der Waals surface area contributed by atoms with Gasteiger partial charge in [-0.2, -0.15) is 0 Å². The molecule has 0 spiro atoms. The van der Waals surface area contributed by atoms with Gasteiger partial charge in [0.25, 0.3) is 0 Å². The number of carbonyl (C=O) groups is 1. The number of hydrogen-bond acceptors (Lipinski definition) is 5. The van der Waals surface area contributed by atoms with Crippen LogP contribution in [0.3, 0.4) is 0 Å². The standard InChI is InChI=1S/C30H42FN5O/c1-24-11-16-36(17-12-24)30(37)10-9-25-22-33(23-26-6-4-5-14-32-26)15-13-28(25)34-18-20-35(21-19-34)29-8-3-2-7-27(29)31/h2-8,14,24-25,28H,9-13,15-23H2,1H3/t25-,28+/m0/s1. The molecule has 3 fully saturated rings. The monoisotopic (exact) mass is 507 g/mol. The molecule has 6 nitrogen and oxygen atoms in total. The fraction of sp³-hybridized carbons (Fsp3) is 0.600. The van der Waals surface area contributed by atoms with Gasteiger partial charge in [-0.25, -0.2) is 4.39 Å². The molecule has 0 radical (unpaired) electrons. The van der Waals surface area contributed by atoms with E-state index >= 15 is 0 Å². The molecule has 3 aliphatic rings. The van der Waals surface area contributed by atoms with Crippen molar-refractivity contribution >= 4 is 11.6 Å². The van der Waals surface area contributed by atoms with Crippen LogP contribution in [0.15, 0.2) is 48.7 Å². The van der Waals surface area contributed by atoms with E-state index in [4.69, 9.17) is 0 Å². The summed E-state index contributed by atoms with van der Waals surface area (Å²) < 4.78 is 14.4. The Hall–Kier alpha value is -2.51. The van der Waals surface area contributed by atoms with Crippen LogP contribution < -0.4 is 4.90 Å². The van der Waals surface area contributed by atoms with Crippen LogP contribution in [0.25, 0.3) is 0 Å². The predicted octanol–water partition coefficient (Wildman–Crippen LogP) is 4.27. The summed E-state index contributed by atoms with van der Waals surface area (Å²) in [5, 5.41) is 0. The van der Waals surface area contributed by atoms with Crippen molar-refractivity contribution in [1.29, 1.82) is 0 Å². The summed E-state index contributed by atoms with van der Waals surface area (Å²) in [5.41, 5.74) is 1.82. The minimum absolute atomic E-state index is 0.137. The van der Waals surface area contributed by atoms with Gasteiger partial charge >= 0.3 is 0 Å². The summed E-state index contributed by atoms with van der Waals surface area (Å²) in [6, 6.07) is 13.7. The Morgan fingerprint density at radius 1 is 0.946 bits per heavy atom. The van der Waals surface area contributed by atoms with E-state index in [-0.39, 0.29) is 5.82 Å². The van der Waals surface area contributed by atoms with Crippen LogP contribution in [0, 0.1) is 17.7 Å². The number of amides is 1. The molecule has 3 saturated heterocycles. The molecule has 0 saturated carbocycles. The molecule has 0 N–H and O–H groups in total. The van der Waals surface area contributed by atoms with E-state index in [1.165, 1.54) is 0 Å². The smallest absolute Gasteiger partial charge is 0.222 e. The molecule has 7 heteroatoms. The van der Waals surface area contributed by atoms with Crippen LogP contribution in [0.2, 0.25) is 0 Å². The van der Waals surface area contributed by atoms with Crippen molar-refractivity contribution in [1.82, 2.24) is 19.7 Å². The highest BCUT2D eigenvalue weighted by Crippen LogP contribution is 2.30. The molecule has 200 valence electrons. The van der Waals surface area contributed by atoms with E-state index in [1.54, 1.807) is 12.1 Å². The van der Waals surface area contributed by atoms with Gasteiger partial charge in [-0.15, -0.1) is 0 Å². The number of benzene rings is 1. The molecule has 3 aliphatic heterocycles. The molecular weight excluding hydrogens is 465 g/mol. The number of likely N-dealkylation sites (tertiary alicyclic amines) is 2. The Balaban J connectivity index is 1.21. The average molecular weight is 508 g/mol. The Kier molecular flexibility index (Phi) is 8.72. The van der Waals surface area contributed by atoms with Crippen LogP contribution in [0.1, 0.15) is 44.7 Å². The van der Waals surface area contributed by atoms with Crippen molar-refractivity contribution in [2.24, 2.45) is 11.8 Å². The lowest BCUT2D eigenvalue weighted by Crippen LogP contribution is -2.57. The van der Waals surface area contributed by atoms with Crippen molar-refractivity contribution in [2.45, 2.75) is 51.6 Å². The van der Waals surface area contributed by atoms with Crippen LogP contribution >= 0.6 is 0 Å². The van der Waals surface area contributed by atoms with Crippen molar-refractivity contribution in [2.75, 3.05) is 57.3 Å². The zero-order valence-electron chi connectivity index (χ0n) is 22.3. The van der Waals surface area contributed by atoms with Gasteiger partial charge in [0, 0.05) is 77.6 Å². The number of carbonyl (C=O) groups excluding carboxylic acids is 1. The number of halogens is 1. The molecular formula is C30H42FN5O. The lowest BCUT2D eigenvalue weighted by molar-refractivity contribution is -0.133. The molecule has 0 bridgehead atoms. The zero-order valence-corrected chi connectivity index (χ0v) is 22.3. The third kappa shape index (κ3) is 6.68. The topological polar surface area (TPSA) is 42.9 Å². The van der Waals surface area contributed by atoms with Gasteiger partial charge in [-0.05, 0) is 61.8 Å². The summed E-state index contributed by atoms with van der Waals surface area (Å²) >= 11 is 0. The zero-order chi connectivity index (χ0) is 25.6. The summed E-state index contributed by atoms with van der Waals surface area (Å²) in [6.45, 7) is 10.6. The second-order valence-electron chi connectivity index (χ2n) is 11.2. The highest BCUT2D eigenvalue weighted by atomic mass is 19.1. The van der Waals surface area contributed by atoms with Crippen molar-refractivity contribution in [3.8, 4) is 0 Å². The molecule has 0 aliphatic carbocycles. The van der Waals surface area contributed by atoms with Gasteiger partial charge in [-0.1, -0.05) is 25.1 Å². The van der Waals surface area contributed by atoms with Gasteiger partial charge in [0.2, 0.25) is 5.91 Å². The molecule has 1 amide bonds. The quantitative estimate of drug-likeness (QED) is 0.560.